The second kappa shape index (κ2) is 4.86. The summed E-state index contributed by atoms with van der Waals surface area (Å²) in [6.45, 7) is 6.88. The van der Waals surface area contributed by atoms with E-state index >= 15 is 0 Å². The molecule has 0 atom stereocenters. The summed E-state index contributed by atoms with van der Waals surface area (Å²) >= 11 is 3.52. The van der Waals surface area contributed by atoms with Crippen LogP contribution >= 0.6 is 15.9 Å². The summed E-state index contributed by atoms with van der Waals surface area (Å²) in [5.41, 5.74) is 10.9. The minimum atomic E-state index is 0.120. The average molecular weight is 312 g/mol. The third kappa shape index (κ3) is 1.88. The van der Waals surface area contributed by atoms with E-state index in [-0.39, 0.29) is 5.41 Å². The van der Waals surface area contributed by atoms with Crippen LogP contribution in [0.3, 0.4) is 0 Å². The maximum Gasteiger partial charge on any atom is 0.133 e. The summed E-state index contributed by atoms with van der Waals surface area (Å²) in [4.78, 5) is 0. The summed E-state index contributed by atoms with van der Waals surface area (Å²) < 4.78 is 0.834. The Morgan fingerprint density at radius 3 is 2.17 bits per heavy atom. The molecule has 100 valence electrons. The molecular formula is C15H22BrNO. The van der Waals surface area contributed by atoms with Gasteiger partial charge in [0.15, 0.2) is 0 Å². The first-order valence-electron chi connectivity index (χ1n) is 6.63. The lowest BCUT2D eigenvalue weighted by Crippen LogP contribution is -2.34. The van der Waals surface area contributed by atoms with Gasteiger partial charge in [-0.25, -0.2) is 0 Å². The van der Waals surface area contributed by atoms with Gasteiger partial charge in [0.2, 0.25) is 0 Å². The molecule has 0 bridgehead atoms. The molecule has 0 aromatic heterocycles. The van der Waals surface area contributed by atoms with Crippen LogP contribution in [0.15, 0.2) is 4.47 Å². The Morgan fingerprint density at radius 2 is 1.67 bits per heavy atom. The number of halogens is 1. The first kappa shape index (κ1) is 13.9. The molecule has 0 aliphatic heterocycles. The van der Waals surface area contributed by atoms with Crippen molar-refractivity contribution >= 4 is 15.9 Å². The van der Waals surface area contributed by atoms with E-state index < -0.39 is 0 Å². The molecule has 1 aromatic rings. The van der Waals surface area contributed by atoms with Crippen LogP contribution in [0, 0.1) is 20.8 Å². The highest BCUT2D eigenvalue weighted by atomic mass is 79.9. The lowest BCUT2D eigenvalue weighted by Gasteiger charge is -2.33. The molecule has 0 heterocycles. The van der Waals surface area contributed by atoms with E-state index in [4.69, 9.17) is 5.73 Å². The molecule has 2 rings (SSSR count). The molecule has 0 saturated heterocycles. The highest BCUT2D eigenvalue weighted by Gasteiger charge is 2.37. The van der Waals surface area contributed by atoms with Crippen molar-refractivity contribution in [1.29, 1.82) is 0 Å². The van der Waals surface area contributed by atoms with E-state index in [1.165, 1.54) is 36.8 Å². The van der Waals surface area contributed by atoms with Gasteiger partial charge in [-0.05, 0) is 71.8 Å². The molecular weight excluding hydrogens is 290 g/mol. The van der Waals surface area contributed by atoms with Gasteiger partial charge in [-0.2, -0.15) is 0 Å². The molecule has 3 heteroatoms. The highest BCUT2D eigenvalue weighted by Crippen LogP contribution is 2.47. The van der Waals surface area contributed by atoms with Crippen LogP contribution in [0.4, 0.5) is 0 Å². The first-order chi connectivity index (χ1) is 8.44. The molecule has 0 unspecified atom stereocenters. The molecule has 0 amide bonds. The van der Waals surface area contributed by atoms with Crippen molar-refractivity contribution in [3.8, 4) is 5.75 Å². The zero-order valence-corrected chi connectivity index (χ0v) is 13.0. The number of hydrogen-bond donors (Lipinski definition) is 2. The Hall–Kier alpha value is -0.540. The van der Waals surface area contributed by atoms with E-state index in [1.54, 1.807) is 0 Å². The van der Waals surface area contributed by atoms with Gasteiger partial charge in [-0.3, -0.25) is 0 Å². The second-order valence-electron chi connectivity index (χ2n) is 5.60. The molecule has 1 aliphatic carbocycles. The summed E-state index contributed by atoms with van der Waals surface area (Å²) in [5.74, 6) is 0.374. The summed E-state index contributed by atoms with van der Waals surface area (Å²) in [7, 11) is 0. The Bertz CT molecular complexity index is 447. The van der Waals surface area contributed by atoms with Gasteiger partial charge in [0.05, 0.1) is 4.47 Å². The number of rotatable bonds is 2. The second-order valence-corrected chi connectivity index (χ2v) is 6.40. The SMILES string of the molecule is Cc1c(C)c(C2(CN)CCCC2)c(C)c(Br)c1O. The summed E-state index contributed by atoms with van der Waals surface area (Å²) in [5, 5.41) is 10.1. The Kier molecular flexibility index (Phi) is 3.75. The van der Waals surface area contributed by atoms with Crippen molar-refractivity contribution in [2.45, 2.75) is 51.9 Å². The minimum absolute atomic E-state index is 0.120. The van der Waals surface area contributed by atoms with Crippen LogP contribution in [-0.2, 0) is 5.41 Å². The molecule has 1 saturated carbocycles. The van der Waals surface area contributed by atoms with Crippen LogP contribution in [0.5, 0.6) is 5.75 Å². The van der Waals surface area contributed by atoms with Crippen LogP contribution in [-0.4, -0.2) is 11.7 Å². The third-order valence-electron chi connectivity index (χ3n) is 4.69. The standard InChI is InChI=1S/C15H22BrNO/c1-9-10(2)14(18)13(16)11(3)12(9)15(8-17)6-4-5-7-15/h18H,4-8,17H2,1-3H3. The highest BCUT2D eigenvalue weighted by molar-refractivity contribution is 9.10. The van der Waals surface area contributed by atoms with Crippen LogP contribution < -0.4 is 5.73 Å². The van der Waals surface area contributed by atoms with Crippen molar-refractivity contribution in [2.75, 3.05) is 6.54 Å². The van der Waals surface area contributed by atoms with Gasteiger partial charge in [0.1, 0.15) is 5.75 Å². The number of aromatic hydroxyl groups is 1. The van der Waals surface area contributed by atoms with E-state index in [2.05, 4.69) is 29.8 Å². The van der Waals surface area contributed by atoms with Gasteiger partial charge < -0.3 is 10.8 Å². The quantitative estimate of drug-likeness (QED) is 0.871. The normalized spacial score (nSPS) is 18.3. The van der Waals surface area contributed by atoms with Crippen molar-refractivity contribution in [2.24, 2.45) is 5.73 Å². The summed E-state index contributed by atoms with van der Waals surface area (Å²) in [6, 6.07) is 0. The molecule has 1 aliphatic rings. The van der Waals surface area contributed by atoms with Crippen molar-refractivity contribution in [1.82, 2.24) is 0 Å². The molecule has 2 nitrogen and oxygen atoms in total. The van der Waals surface area contributed by atoms with Crippen LogP contribution in [0.2, 0.25) is 0 Å². The lowest BCUT2D eigenvalue weighted by molar-refractivity contribution is 0.439. The average Bonchev–Trinajstić information content (AvgIpc) is 2.84. The van der Waals surface area contributed by atoms with E-state index in [1.807, 2.05) is 6.92 Å². The predicted molar refractivity (Wildman–Crippen MR) is 79.2 cm³/mol. The van der Waals surface area contributed by atoms with E-state index in [9.17, 15) is 5.11 Å². The third-order valence-corrected chi connectivity index (χ3v) is 5.66. The molecule has 0 spiro atoms. The molecule has 1 fully saturated rings. The number of nitrogens with two attached hydrogens (primary N) is 1. The van der Waals surface area contributed by atoms with Gasteiger partial charge in [0, 0.05) is 12.0 Å². The van der Waals surface area contributed by atoms with Gasteiger partial charge >= 0.3 is 0 Å². The van der Waals surface area contributed by atoms with Crippen molar-refractivity contribution in [3.63, 3.8) is 0 Å². The molecule has 1 aromatic carbocycles. The van der Waals surface area contributed by atoms with Gasteiger partial charge in [-0.1, -0.05) is 12.8 Å². The van der Waals surface area contributed by atoms with Crippen LogP contribution in [0.1, 0.15) is 47.9 Å². The number of hydrogen-bond acceptors (Lipinski definition) is 2. The zero-order valence-electron chi connectivity index (χ0n) is 11.4. The van der Waals surface area contributed by atoms with Crippen LogP contribution in [0.25, 0.3) is 0 Å². The van der Waals surface area contributed by atoms with Gasteiger partial charge in [0.25, 0.3) is 0 Å². The van der Waals surface area contributed by atoms with E-state index in [0.717, 1.165) is 15.6 Å². The summed E-state index contributed by atoms with van der Waals surface area (Å²) in [6.07, 6.45) is 4.85. The van der Waals surface area contributed by atoms with Crippen molar-refractivity contribution < 1.29 is 5.11 Å². The number of phenols is 1. The maximum atomic E-state index is 10.1. The molecule has 0 radical (unpaired) electrons. The molecule has 3 N–H and O–H groups in total. The van der Waals surface area contributed by atoms with Crippen molar-refractivity contribution in [3.05, 3.63) is 26.7 Å². The number of benzene rings is 1. The fraction of sp³-hybridized carbons (Fsp3) is 0.600. The predicted octanol–water partition coefficient (Wildman–Crippen LogP) is 3.85. The van der Waals surface area contributed by atoms with Gasteiger partial charge in [-0.15, -0.1) is 0 Å². The lowest BCUT2D eigenvalue weighted by atomic mass is 9.74. The minimum Gasteiger partial charge on any atom is -0.506 e. The maximum absolute atomic E-state index is 10.1. The van der Waals surface area contributed by atoms with E-state index in [0.29, 0.717) is 12.3 Å². The number of phenolic OH excluding ortho intramolecular Hbond substituents is 1. The Morgan fingerprint density at radius 1 is 1.11 bits per heavy atom. The zero-order chi connectivity index (χ0) is 13.5. The Labute approximate surface area is 118 Å². The largest absolute Gasteiger partial charge is 0.506 e. The fourth-order valence-corrected chi connectivity index (χ4v) is 4.00. The first-order valence-corrected chi connectivity index (χ1v) is 7.42. The Balaban J connectivity index is 2.71. The topological polar surface area (TPSA) is 46.2 Å². The molecule has 18 heavy (non-hydrogen) atoms. The fourth-order valence-electron chi connectivity index (χ4n) is 3.50. The monoisotopic (exact) mass is 311 g/mol. The smallest absolute Gasteiger partial charge is 0.133 e.